The first kappa shape index (κ1) is 19.0. The second-order valence-electron chi connectivity index (χ2n) is 7.13. The highest BCUT2D eigenvalue weighted by atomic mass is 32.2. The highest BCUT2D eigenvalue weighted by Crippen LogP contribution is 2.18. The fourth-order valence-electron chi connectivity index (χ4n) is 3.05. The highest BCUT2D eigenvalue weighted by molar-refractivity contribution is 7.89. The fraction of sp³-hybridized carbons (Fsp3) is 0.556. The Balaban J connectivity index is 1.63. The molecule has 3 heterocycles. The third-order valence-electron chi connectivity index (χ3n) is 4.83. The maximum Gasteiger partial charge on any atom is 0.262 e. The third-order valence-corrected chi connectivity index (χ3v) is 6.60. The van der Waals surface area contributed by atoms with E-state index in [9.17, 15) is 8.42 Å². The highest BCUT2D eigenvalue weighted by Gasteiger charge is 2.30. The lowest BCUT2D eigenvalue weighted by Crippen LogP contribution is -2.48. The molecule has 3 rings (SSSR count). The molecule has 0 amide bonds. The van der Waals surface area contributed by atoms with Crippen molar-refractivity contribution in [1.82, 2.24) is 23.7 Å². The van der Waals surface area contributed by atoms with Crippen molar-refractivity contribution in [2.75, 3.05) is 26.2 Å². The van der Waals surface area contributed by atoms with Crippen molar-refractivity contribution in [2.45, 2.75) is 38.3 Å². The van der Waals surface area contributed by atoms with Crippen LogP contribution >= 0.6 is 0 Å². The van der Waals surface area contributed by atoms with Gasteiger partial charge in [-0.3, -0.25) is 9.88 Å². The van der Waals surface area contributed by atoms with Gasteiger partial charge in [0.1, 0.15) is 5.82 Å². The zero-order valence-corrected chi connectivity index (χ0v) is 16.7. The molecular weight excluding hydrogens is 350 g/mol. The van der Waals surface area contributed by atoms with Gasteiger partial charge in [-0.1, -0.05) is 19.9 Å². The van der Waals surface area contributed by atoms with E-state index >= 15 is 0 Å². The summed E-state index contributed by atoms with van der Waals surface area (Å²) in [6.45, 7) is 9.15. The SMILES string of the molecule is Cc1nc(S(=O)(=O)N2CCN(Cc3cccc(C(C)C)n3)CC2)cn1C. The van der Waals surface area contributed by atoms with Crippen molar-refractivity contribution < 1.29 is 8.42 Å². The Morgan fingerprint density at radius 1 is 1.12 bits per heavy atom. The lowest BCUT2D eigenvalue weighted by Gasteiger charge is -2.33. The monoisotopic (exact) mass is 377 g/mol. The summed E-state index contributed by atoms with van der Waals surface area (Å²) in [5.74, 6) is 1.09. The lowest BCUT2D eigenvalue weighted by atomic mass is 10.1. The van der Waals surface area contributed by atoms with Crippen molar-refractivity contribution in [3.63, 3.8) is 0 Å². The maximum absolute atomic E-state index is 12.8. The minimum atomic E-state index is -3.52. The number of hydrogen-bond donors (Lipinski definition) is 0. The summed E-state index contributed by atoms with van der Waals surface area (Å²) in [4.78, 5) is 11.1. The molecule has 1 aliphatic rings. The Morgan fingerprint density at radius 3 is 2.38 bits per heavy atom. The molecule has 1 saturated heterocycles. The predicted octanol–water partition coefficient (Wildman–Crippen LogP) is 1.75. The molecule has 0 atom stereocenters. The van der Waals surface area contributed by atoms with E-state index in [-0.39, 0.29) is 5.03 Å². The number of hydrogen-bond acceptors (Lipinski definition) is 5. The van der Waals surface area contributed by atoms with Crippen LogP contribution in [0.15, 0.2) is 29.4 Å². The molecule has 0 aromatic carbocycles. The number of rotatable bonds is 5. The predicted molar refractivity (Wildman–Crippen MR) is 100 cm³/mol. The third kappa shape index (κ3) is 3.97. The maximum atomic E-state index is 12.8. The Kier molecular flexibility index (Phi) is 5.45. The summed E-state index contributed by atoms with van der Waals surface area (Å²) in [5, 5.41) is 0.136. The zero-order chi connectivity index (χ0) is 18.9. The van der Waals surface area contributed by atoms with Crippen molar-refractivity contribution in [1.29, 1.82) is 0 Å². The van der Waals surface area contributed by atoms with Gasteiger partial charge in [0.2, 0.25) is 0 Å². The molecule has 0 unspecified atom stereocenters. The quantitative estimate of drug-likeness (QED) is 0.794. The van der Waals surface area contributed by atoms with Crippen molar-refractivity contribution in [2.24, 2.45) is 7.05 Å². The van der Waals surface area contributed by atoms with Crippen LogP contribution < -0.4 is 0 Å². The van der Waals surface area contributed by atoms with Crippen LogP contribution in [0.3, 0.4) is 0 Å². The Bertz CT molecular complexity index is 848. The average molecular weight is 378 g/mol. The van der Waals surface area contributed by atoms with E-state index in [4.69, 9.17) is 4.98 Å². The van der Waals surface area contributed by atoms with Crippen LogP contribution in [0.5, 0.6) is 0 Å². The first-order chi connectivity index (χ1) is 12.3. The van der Waals surface area contributed by atoms with Gasteiger partial charge in [-0.15, -0.1) is 0 Å². The summed E-state index contributed by atoms with van der Waals surface area (Å²) >= 11 is 0. The molecular formula is C18H27N5O2S. The zero-order valence-electron chi connectivity index (χ0n) is 15.9. The Hall–Kier alpha value is -1.77. The molecule has 0 aliphatic carbocycles. The van der Waals surface area contributed by atoms with Gasteiger partial charge >= 0.3 is 0 Å². The minimum absolute atomic E-state index is 0.136. The number of imidazole rings is 1. The summed E-state index contributed by atoms with van der Waals surface area (Å²) in [6, 6.07) is 6.13. The van der Waals surface area contributed by atoms with Crippen LogP contribution in [0, 0.1) is 6.92 Å². The lowest BCUT2D eigenvalue weighted by molar-refractivity contribution is 0.179. The normalized spacial score (nSPS) is 17.1. The molecule has 8 heteroatoms. The van der Waals surface area contributed by atoms with Crippen LogP contribution in [0.4, 0.5) is 0 Å². The molecule has 0 bridgehead atoms. The molecule has 0 N–H and O–H groups in total. The van der Waals surface area contributed by atoms with Crippen LogP contribution in [-0.4, -0.2) is 58.3 Å². The second kappa shape index (κ2) is 7.46. The minimum Gasteiger partial charge on any atom is -0.337 e. The number of aromatic nitrogens is 3. The van der Waals surface area contributed by atoms with Crippen LogP contribution in [0.1, 0.15) is 37.0 Å². The van der Waals surface area contributed by atoms with E-state index < -0.39 is 10.0 Å². The van der Waals surface area contributed by atoms with Gasteiger partial charge in [-0.05, 0) is 25.0 Å². The number of piperazine rings is 1. The van der Waals surface area contributed by atoms with E-state index in [2.05, 4.69) is 23.7 Å². The second-order valence-corrected chi connectivity index (χ2v) is 9.01. The van der Waals surface area contributed by atoms with E-state index in [0.29, 0.717) is 37.9 Å². The molecule has 0 radical (unpaired) electrons. The van der Waals surface area contributed by atoms with Crippen LogP contribution in [-0.2, 0) is 23.6 Å². The van der Waals surface area contributed by atoms with E-state index in [1.807, 2.05) is 18.2 Å². The smallest absolute Gasteiger partial charge is 0.262 e. The summed E-state index contributed by atoms with van der Waals surface area (Å²) in [7, 11) is -1.72. The summed E-state index contributed by atoms with van der Waals surface area (Å²) in [5.41, 5.74) is 2.13. The van der Waals surface area contributed by atoms with Gasteiger partial charge in [0.25, 0.3) is 10.0 Å². The van der Waals surface area contributed by atoms with Gasteiger partial charge in [-0.25, -0.2) is 13.4 Å². The van der Waals surface area contributed by atoms with E-state index in [0.717, 1.165) is 17.9 Å². The molecule has 26 heavy (non-hydrogen) atoms. The first-order valence-corrected chi connectivity index (χ1v) is 10.4. The van der Waals surface area contributed by atoms with E-state index in [1.165, 1.54) is 4.31 Å². The van der Waals surface area contributed by atoms with Gasteiger partial charge < -0.3 is 4.57 Å². The average Bonchev–Trinajstić information content (AvgIpc) is 2.95. The summed E-state index contributed by atoms with van der Waals surface area (Å²) < 4.78 is 28.8. The van der Waals surface area contributed by atoms with Gasteiger partial charge in [0.15, 0.2) is 5.03 Å². The first-order valence-electron chi connectivity index (χ1n) is 8.95. The van der Waals surface area contributed by atoms with Crippen molar-refractivity contribution >= 4 is 10.0 Å². The summed E-state index contributed by atoms with van der Waals surface area (Å²) in [6.07, 6.45) is 1.58. The number of pyridine rings is 1. The molecule has 1 fully saturated rings. The molecule has 7 nitrogen and oxygen atoms in total. The van der Waals surface area contributed by atoms with Gasteiger partial charge in [-0.2, -0.15) is 4.31 Å². The van der Waals surface area contributed by atoms with Crippen LogP contribution in [0.25, 0.3) is 0 Å². The van der Waals surface area contributed by atoms with Crippen molar-refractivity contribution in [3.05, 3.63) is 41.6 Å². The number of aryl methyl sites for hydroxylation is 2. The molecule has 2 aromatic rings. The standard InChI is InChI=1S/C18H27N5O2S/c1-14(2)17-7-5-6-16(20-17)12-22-8-10-23(11-9-22)26(24,25)18-13-21(4)15(3)19-18/h5-7,13-14H,8-12H2,1-4H3. The van der Waals surface area contributed by atoms with Gasteiger partial charge in [0.05, 0.1) is 5.69 Å². The topological polar surface area (TPSA) is 71.3 Å². The molecule has 142 valence electrons. The molecule has 2 aromatic heterocycles. The van der Waals surface area contributed by atoms with Crippen LogP contribution in [0.2, 0.25) is 0 Å². The van der Waals surface area contributed by atoms with E-state index in [1.54, 1.807) is 24.7 Å². The molecule has 1 aliphatic heterocycles. The number of nitrogens with zero attached hydrogens (tertiary/aromatic N) is 5. The Labute approximate surface area is 155 Å². The Morgan fingerprint density at radius 2 is 1.81 bits per heavy atom. The van der Waals surface area contributed by atoms with Crippen molar-refractivity contribution in [3.8, 4) is 0 Å². The van der Waals surface area contributed by atoms with Gasteiger partial charge in [0, 0.05) is 51.7 Å². The molecule has 0 spiro atoms. The largest absolute Gasteiger partial charge is 0.337 e. The fourth-order valence-corrected chi connectivity index (χ4v) is 4.50. The number of sulfonamides is 1. The molecule has 0 saturated carbocycles.